The van der Waals surface area contributed by atoms with Crippen LogP contribution in [0.2, 0.25) is 0 Å². The van der Waals surface area contributed by atoms with Crippen molar-refractivity contribution in [3.05, 3.63) is 60.2 Å². The van der Waals surface area contributed by atoms with E-state index >= 15 is 0 Å². The summed E-state index contributed by atoms with van der Waals surface area (Å²) in [4.78, 5) is 133. The Labute approximate surface area is 392 Å². The van der Waals surface area contributed by atoms with Gasteiger partial charge in [-0.3, -0.25) is 43.3 Å². The highest BCUT2D eigenvalue weighted by atomic mass is 16.6. The number of nitrogens with zero attached hydrogens (tertiary/aromatic N) is 4. The normalized spacial score (nSPS) is 18.2. The Morgan fingerprint density at radius 1 is 0.836 bits per heavy atom. The van der Waals surface area contributed by atoms with Crippen LogP contribution in [0, 0.1) is 17.3 Å². The smallest absolute Gasteiger partial charge is 0.410 e. The molecule has 1 aromatic heterocycles. The molecule has 6 atom stereocenters. The van der Waals surface area contributed by atoms with Gasteiger partial charge >= 0.3 is 6.09 Å². The van der Waals surface area contributed by atoms with Crippen LogP contribution in [-0.4, -0.2) is 136 Å². The van der Waals surface area contributed by atoms with Crippen molar-refractivity contribution in [2.45, 2.75) is 129 Å². The molecular weight excluding hydrogens is 865 g/mol. The Kier molecular flexibility index (Phi) is 18.9. The highest BCUT2D eigenvalue weighted by Crippen LogP contribution is 2.29. The number of likely N-dealkylation sites (N-methyl/N-ethyl adjacent to an activating group) is 1. The molecule has 1 aliphatic heterocycles. The molecule has 1 unspecified atom stereocenters. The summed E-state index contributed by atoms with van der Waals surface area (Å²) in [5, 5.41) is 16.1. The molecule has 8 amide bonds. The first-order valence-corrected chi connectivity index (χ1v) is 22.8. The van der Waals surface area contributed by atoms with Crippen LogP contribution in [0.4, 0.5) is 4.79 Å². The number of Topliss-reactive ketones (excluding diaryl/α,β-unsaturated/α-hetero) is 1. The standard InChI is InChI=1S/C47H68N10O10/c1-10-17-31(37(59)42(63)50-25-34(58)53-36(44(65)56(8)9)29-20-15-12-16-21-29)51-39(60)30-26-57(45(66)67-47(5,6)7)27-33(30)52-43(64)38(46(2,3)4)55-41(62)35(28-18-13-11-14-19-28)54-40(61)32-24-48-22-23-49-32/h12,15-16,20-24,28,30-31,33,35-36,38H,10-11,13-14,17-19,25-27H2,1-9H3,(H,50,63)(H,51,60)(H,52,64)(H,53,58)(H,54,61)(H,55,62)/t30-,31+,33+,35+,36+,38?/m1/s1. The summed E-state index contributed by atoms with van der Waals surface area (Å²) in [7, 11) is 3.07. The summed E-state index contributed by atoms with van der Waals surface area (Å²) in [5.74, 6) is -7.30. The van der Waals surface area contributed by atoms with Gasteiger partial charge in [-0.25, -0.2) is 9.78 Å². The molecule has 1 saturated carbocycles. The van der Waals surface area contributed by atoms with Gasteiger partial charge in [-0.1, -0.05) is 83.7 Å². The van der Waals surface area contributed by atoms with E-state index in [0.717, 1.165) is 19.3 Å². The van der Waals surface area contributed by atoms with Gasteiger partial charge in [0, 0.05) is 39.6 Å². The lowest BCUT2D eigenvalue weighted by atomic mass is 9.82. The van der Waals surface area contributed by atoms with Gasteiger partial charge in [0.15, 0.2) is 0 Å². The largest absolute Gasteiger partial charge is 0.444 e. The van der Waals surface area contributed by atoms with Gasteiger partial charge in [0.2, 0.25) is 35.3 Å². The van der Waals surface area contributed by atoms with E-state index in [1.807, 2.05) is 0 Å². The van der Waals surface area contributed by atoms with E-state index in [9.17, 15) is 43.2 Å². The highest BCUT2D eigenvalue weighted by Gasteiger charge is 2.45. The Morgan fingerprint density at radius 3 is 2.09 bits per heavy atom. The zero-order chi connectivity index (χ0) is 49.6. The Morgan fingerprint density at radius 2 is 1.51 bits per heavy atom. The number of hydrogen-bond acceptors (Lipinski definition) is 12. The number of rotatable bonds is 18. The second kappa shape index (κ2) is 23.8. The number of carbonyl (C=O) groups excluding carboxylic acids is 9. The lowest BCUT2D eigenvalue weighted by molar-refractivity contribution is -0.141. The first kappa shape index (κ1) is 53.1. The fourth-order valence-electron chi connectivity index (χ4n) is 8.01. The number of nitrogens with one attached hydrogen (secondary N) is 6. The van der Waals surface area contributed by atoms with Gasteiger partial charge in [-0.2, -0.15) is 0 Å². The predicted octanol–water partition coefficient (Wildman–Crippen LogP) is 1.95. The van der Waals surface area contributed by atoms with E-state index in [4.69, 9.17) is 4.74 Å². The number of hydrogen-bond donors (Lipinski definition) is 6. The van der Waals surface area contributed by atoms with E-state index in [-0.39, 0.29) is 31.1 Å². The fraction of sp³-hybridized carbons (Fsp3) is 0.596. The van der Waals surface area contributed by atoms with E-state index in [2.05, 4.69) is 41.9 Å². The maximum Gasteiger partial charge on any atom is 0.410 e. The van der Waals surface area contributed by atoms with Gasteiger partial charge in [-0.05, 0) is 56.9 Å². The molecule has 0 bridgehead atoms. The van der Waals surface area contributed by atoms with Gasteiger partial charge in [0.05, 0.1) is 30.7 Å². The molecule has 20 heteroatoms. The number of ether oxygens (including phenoxy) is 1. The first-order valence-electron chi connectivity index (χ1n) is 22.8. The topological polar surface area (TPSA) is 267 Å². The van der Waals surface area contributed by atoms with E-state index < -0.39 is 107 Å². The minimum Gasteiger partial charge on any atom is -0.444 e. The molecular formula is C47H68N10O10. The zero-order valence-corrected chi connectivity index (χ0v) is 40.1. The minimum absolute atomic E-state index is 0.0272. The molecule has 0 radical (unpaired) electrons. The second-order valence-electron chi connectivity index (χ2n) is 19.4. The van der Waals surface area contributed by atoms with Crippen LogP contribution in [0.1, 0.15) is 116 Å². The maximum absolute atomic E-state index is 14.4. The quantitative estimate of drug-likeness (QED) is 0.117. The van der Waals surface area contributed by atoms with Crippen LogP contribution in [0.5, 0.6) is 0 Å². The van der Waals surface area contributed by atoms with Gasteiger partial charge in [0.1, 0.15) is 29.4 Å². The molecule has 1 aromatic carbocycles. The molecule has 20 nitrogen and oxygen atoms in total. The Balaban J connectivity index is 1.51. The van der Waals surface area contributed by atoms with Crippen molar-refractivity contribution in [3.63, 3.8) is 0 Å². The maximum atomic E-state index is 14.4. The average Bonchev–Trinajstić information content (AvgIpc) is 3.71. The molecule has 1 saturated heterocycles. The molecule has 2 heterocycles. The van der Waals surface area contributed by atoms with E-state index in [1.54, 1.807) is 78.8 Å². The third-order valence-corrected chi connectivity index (χ3v) is 11.5. The first-order chi connectivity index (χ1) is 31.5. The molecule has 2 aliphatic rings. The molecule has 6 N–H and O–H groups in total. The van der Waals surface area contributed by atoms with Gasteiger partial charge < -0.3 is 46.4 Å². The number of aromatic nitrogens is 2. The minimum atomic E-state index is -1.35. The van der Waals surface area contributed by atoms with Crippen LogP contribution in [0.25, 0.3) is 0 Å². The van der Waals surface area contributed by atoms with Crippen LogP contribution in [0.3, 0.4) is 0 Å². The zero-order valence-electron chi connectivity index (χ0n) is 40.1. The van der Waals surface area contributed by atoms with Gasteiger partial charge in [-0.15, -0.1) is 0 Å². The van der Waals surface area contributed by atoms with Crippen molar-refractivity contribution in [2.75, 3.05) is 33.7 Å². The summed E-state index contributed by atoms with van der Waals surface area (Å²) in [6.45, 7) is 11.0. The monoisotopic (exact) mass is 933 g/mol. The number of amides is 8. The Bertz CT molecular complexity index is 2080. The molecule has 67 heavy (non-hydrogen) atoms. The molecule has 4 rings (SSSR count). The molecule has 2 aromatic rings. The van der Waals surface area contributed by atoms with E-state index in [0.29, 0.717) is 24.8 Å². The lowest BCUT2D eigenvalue weighted by Gasteiger charge is -2.35. The molecule has 1 aliphatic carbocycles. The number of benzene rings is 1. The Hall–Kier alpha value is -6.47. The van der Waals surface area contributed by atoms with Crippen molar-refractivity contribution in [2.24, 2.45) is 17.3 Å². The SMILES string of the molecule is CCC[C@H](NC(=O)[C@@H]1CN(C(=O)OC(C)(C)C)C[C@@H]1NC(=O)C(NC(=O)[C@@H](NC(=O)c1cnccn1)C1CCCCC1)C(C)(C)C)C(=O)C(=O)NCC(=O)N[C@H](C(=O)N(C)C)c1ccccc1. The van der Waals surface area contributed by atoms with E-state index in [1.165, 1.54) is 42.5 Å². The van der Waals surface area contributed by atoms with Crippen molar-refractivity contribution >= 4 is 53.2 Å². The van der Waals surface area contributed by atoms with Gasteiger partial charge in [0.25, 0.3) is 11.8 Å². The summed E-state index contributed by atoms with van der Waals surface area (Å²) < 4.78 is 5.60. The molecule has 2 fully saturated rings. The number of ketones is 1. The lowest BCUT2D eigenvalue weighted by Crippen LogP contribution is -2.61. The predicted molar refractivity (Wildman–Crippen MR) is 245 cm³/mol. The summed E-state index contributed by atoms with van der Waals surface area (Å²) in [6, 6.07) is 2.85. The van der Waals surface area contributed by atoms with Crippen molar-refractivity contribution in [1.82, 2.24) is 51.7 Å². The van der Waals surface area contributed by atoms with Crippen LogP contribution in [-0.2, 0) is 38.3 Å². The third-order valence-electron chi connectivity index (χ3n) is 11.5. The molecule has 0 spiro atoms. The average molecular weight is 933 g/mol. The fourth-order valence-corrected chi connectivity index (χ4v) is 8.01. The van der Waals surface area contributed by atoms with Crippen molar-refractivity contribution in [3.8, 4) is 0 Å². The van der Waals surface area contributed by atoms with Crippen LogP contribution >= 0.6 is 0 Å². The van der Waals surface area contributed by atoms with Crippen molar-refractivity contribution in [1.29, 1.82) is 0 Å². The van der Waals surface area contributed by atoms with Crippen molar-refractivity contribution < 1.29 is 47.9 Å². The molecule has 366 valence electrons. The second-order valence-corrected chi connectivity index (χ2v) is 19.4. The van der Waals surface area contributed by atoms with Crippen LogP contribution < -0.4 is 31.9 Å². The summed E-state index contributed by atoms with van der Waals surface area (Å²) in [6.07, 6.45) is 7.80. The number of carbonyl (C=O) groups is 9. The highest BCUT2D eigenvalue weighted by molar-refractivity contribution is 6.38. The summed E-state index contributed by atoms with van der Waals surface area (Å²) in [5.41, 5.74) is -1.26. The van der Waals surface area contributed by atoms with Crippen LogP contribution in [0.15, 0.2) is 48.9 Å². The third kappa shape index (κ3) is 15.6. The number of likely N-dealkylation sites (tertiary alicyclic amines) is 1. The summed E-state index contributed by atoms with van der Waals surface area (Å²) >= 11 is 0.